The van der Waals surface area contributed by atoms with Crippen molar-refractivity contribution in [1.29, 1.82) is 0 Å². The summed E-state index contributed by atoms with van der Waals surface area (Å²) in [6.45, 7) is 0. The van der Waals surface area contributed by atoms with Gasteiger partial charge in [-0.3, -0.25) is 4.98 Å². The van der Waals surface area contributed by atoms with Gasteiger partial charge in [0.05, 0.1) is 17.9 Å². The van der Waals surface area contributed by atoms with Crippen molar-refractivity contribution in [1.82, 2.24) is 14.5 Å². The molecule has 0 aliphatic carbocycles. The Labute approximate surface area is 142 Å². The van der Waals surface area contributed by atoms with Gasteiger partial charge in [0.2, 0.25) is 0 Å². The lowest BCUT2D eigenvalue weighted by molar-refractivity contribution is 0.622. The third-order valence-electron chi connectivity index (χ3n) is 4.04. The van der Waals surface area contributed by atoms with Crippen LogP contribution < -0.4 is 5.32 Å². The third kappa shape index (κ3) is 2.82. The number of rotatable bonds is 3. The van der Waals surface area contributed by atoms with E-state index in [4.69, 9.17) is 0 Å². The average Bonchev–Trinajstić information content (AvgIpc) is 2.96. The maximum atomic E-state index is 13.9. The molecule has 0 fully saturated rings. The van der Waals surface area contributed by atoms with Gasteiger partial charge in [0, 0.05) is 41.6 Å². The molecule has 0 saturated carbocycles. The maximum absolute atomic E-state index is 13.9. The number of hydrogen-bond acceptors (Lipinski definition) is 3. The van der Waals surface area contributed by atoms with E-state index in [2.05, 4.69) is 15.3 Å². The van der Waals surface area contributed by atoms with E-state index in [0.717, 1.165) is 22.7 Å². The van der Waals surface area contributed by atoms with Gasteiger partial charge in [-0.25, -0.2) is 13.8 Å². The fraction of sp³-hybridized carbons (Fsp3) is 0.0526. The van der Waals surface area contributed by atoms with Crippen molar-refractivity contribution in [3.8, 4) is 11.1 Å². The minimum Gasteiger partial charge on any atom is -0.349 e. The lowest BCUT2D eigenvalue weighted by Crippen LogP contribution is -1.97. The Kier molecular flexibility index (Phi) is 3.65. The number of nitrogens with one attached hydrogen (secondary N) is 1. The summed E-state index contributed by atoms with van der Waals surface area (Å²) in [6.07, 6.45) is 6.53. The van der Waals surface area contributed by atoms with Crippen molar-refractivity contribution < 1.29 is 8.78 Å². The minimum atomic E-state index is -0.425. The number of hydrogen-bond donors (Lipinski definition) is 1. The van der Waals surface area contributed by atoms with Crippen LogP contribution in [0.5, 0.6) is 0 Å². The van der Waals surface area contributed by atoms with Crippen LogP contribution in [0.15, 0.2) is 61.2 Å². The number of pyridine rings is 2. The van der Waals surface area contributed by atoms with Crippen LogP contribution in [-0.2, 0) is 7.05 Å². The van der Waals surface area contributed by atoms with Crippen LogP contribution in [0.25, 0.3) is 22.0 Å². The Morgan fingerprint density at radius 1 is 0.960 bits per heavy atom. The van der Waals surface area contributed by atoms with Crippen molar-refractivity contribution >= 4 is 22.4 Å². The van der Waals surface area contributed by atoms with Crippen LogP contribution in [0.2, 0.25) is 0 Å². The number of halogens is 2. The van der Waals surface area contributed by atoms with Crippen LogP contribution in [0.3, 0.4) is 0 Å². The highest BCUT2D eigenvalue weighted by molar-refractivity contribution is 5.98. The summed E-state index contributed by atoms with van der Waals surface area (Å²) in [5, 5.41) is 4.08. The fourth-order valence-electron chi connectivity index (χ4n) is 2.86. The first-order valence-electron chi connectivity index (χ1n) is 7.69. The third-order valence-corrected chi connectivity index (χ3v) is 4.04. The van der Waals surface area contributed by atoms with Crippen LogP contribution in [0.4, 0.5) is 20.3 Å². The van der Waals surface area contributed by atoms with E-state index in [0.29, 0.717) is 17.1 Å². The average molecular weight is 336 g/mol. The Balaban J connectivity index is 1.86. The first kappa shape index (κ1) is 15.3. The highest BCUT2D eigenvalue weighted by atomic mass is 19.1. The summed E-state index contributed by atoms with van der Waals surface area (Å²) in [5.41, 5.74) is 3.08. The molecule has 3 aromatic heterocycles. The lowest BCUT2D eigenvalue weighted by Gasteiger charge is -2.11. The predicted molar refractivity (Wildman–Crippen MR) is 93.6 cm³/mol. The molecule has 1 aromatic carbocycles. The van der Waals surface area contributed by atoms with Gasteiger partial charge >= 0.3 is 0 Å². The molecule has 0 aliphatic heterocycles. The summed E-state index contributed by atoms with van der Waals surface area (Å²) in [5.74, 6) is -0.248. The Morgan fingerprint density at radius 3 is 2.56 bits per heavy atom. The van der Waals surface area contributed by atoms with E-state index in [1.807, 2.05) is 23.9 Å². The van der Waals surface area contributed by atoms with Crippen LogP contribution in [0, 0.1) is 11.6 Å². The molecular formula is C19H14F2N4. The minimum absolute atomic E-state index is 0.320. The molecule has 4 nitrogen and oxygen atoms in total. The van der Waals surface area contributed by atoms with E-state index in [1.54, 1.807) is 24.5 Å². The van der Waals surface area contributed by atoms with E-state index in [-0.39, 0.29) is 5.82 Å². The van der Waals surface area contributed by atoms with Gasteiger partial charge in [0.25, 0.3) is 0 Å². The van der Waals surface area contributed by atoms with Gasteiger partial charge in [-0.05, 0) is 36.4 Å². The smallest absolute Gasteiger partial charge is 0.142 e. The van der Waals surface area contributed by atoms with Gasteiger partial charge in [-0.2, -0.15) is 0 Å². The lowest BCUT2D eigenvalue weighted by atomic mass is 10.1. The van der Waals surface area contributed by atoms with Crippen molar-refractivity contribution in [3.05, 3.63) is 72.8 Å². The van der Waals surface area contributed by atoms with Crippen LogP contribution >= 0.6 is 0 Å². The molecule has 4 aromatic rings. The second-order valence-electron chi connectivity index (χ2n) is 5.73. The SMILES string of the molecule is Cn1cc(-c2cc(F)cnc2Nc2ccc(F)cc2)c2ccncc21. The van der Waals surface area contributed by atoms with Gasteiger partial charge in [-0.1, -0.05) is 0 Å². The molecule has 0 radical (unpaired) electrons. The van der Waals surface area contributed by atoms with Crippen molar-refractivity contribution in [2.24, 2.45) is 7.05 Å². The number of benzene rings is 1. The second kappa shape index (κ2) is 5.98. The van der Waals surface area contributed by atoms with Gasteiger partial charge in [0.1, 0.15) is 17.5 Å². The van der Waals surface area contributed by atoms with Gasteiger partial charge < -0.3 is 9.88 Å². The zero-order valence-electron chi connectivity index (χ0n) is 13.4. The van der Waals surface area contributed by atoms with Gasteiger partial charge in [0.15, 0.2) is 0 Å². The number of anilines is 2. The number of nitrogens with zero attached hydrogens (tertiary/aromatic N) is 3. The van der Waals surface area contributed by atoms with E-state index < -0.39 is 5.82 Å². The molecule has 3 heterocycles. The van der Waals surface area contributed by atoms with E-state index in [9.17, 15) is 8.78 Å². The summed E-state index contributed by atoms with van der Waals surface area (Å²) in [6, 6.07) is 9.25. The first-order valence-corrected chi connectivity index (χ1v) is 7.69. The Bertz CT molecular complexity index is 1050. The largest absolute Gasteiger partial charge is 0.349 e. The molecule has 0 amide bonds. The topological polar surface area (TPSA) is 42.7 Å². The summed E-state index contributed by atoms with van der Waals surface area (Å²) in [7, 11) is 1.91. The first-order chi connectivity index (χ1) is 12.1. The van der Waals surface area contributed by atoms with Crippen molar-refractivity contribution in [2.75, 3.05) is 5.32 Å². The number of aromatic nitrogens is 3. The molecule has 25 heavy (non-hydrogen) atoms. The Hall–Kier alpha value is -3.28. The van der Waals surface area contributed by atoms with E-state index in [1.165, 1.54) is 18.2 Å². The molecule has 0 atom stereocenters. The number of aryl methyl sites for hydroxylation is 1. The molecule has 0 aliphatic rings. The highest BCUT2D eigenvalue weighted by Gasteiger charge is 2.14. The molecule has 1 N–H and O–H groups in total. The molecule has 124 valence electrons. The zero-order chi connectivity index (χ0) is 17.4. The number of fused-ring (bicyclic) bond motifs is 1. The molecule has 0 unspecified atom stereocenters. The van der Waals surface area contributed by atoms with Crippen molar-refractivity contribution in [2.45, 2.75) is 0 Å². The quantitative estimate of drug-likeness (QED) is 0.592. The molecular weight excluding hydrogens is 322 g/mol. The summed E-state index contributed by atoms with van der Waals surface area (Å²) in [4.78, 5) is 8.32. The van der Waals surface area contributed by atoms with Crippen LogP contribution in [-0.4, -0.2) is 14.5 Å². The molecule has 0 spiro atoms. The predicted octanol–water partition coefficient (Wildman–Crippen LogP) is 4.66. The molecule has 0 saturated heterocycles. The maximum Gasteiger partial charge on any atom is 0.142 e. The standard InChI is InChI=1S/C19H14F2N4/c1-25-11-17(15-6-7-22-10-18(15)25)16-8-13(21)9-23-19(16)24-14-4-2-12(20)3-5-14/h2-11H,1H3,(H,23,24). The van der Waals surface area contributed by atoms with Crippen LogP contribution in [0.1, 0.15) is 0 Å². The second-order valence-corrected chi connectivity index (χ2v) is 5.73. The molecule has 0 bridgehead atoms. The molecule has 6 heteroatoms. The van der Waals surface area contributed by atoms with E-state index >= 15 is 0 Å². The fourth-order valence-corrected chi connectivity index (χ4v) is 2.86. The Morgan fingerprint density at radius 2 is 1.76 bits per heavy atom. The van der Waals surface area contributed by atoms with Crippen molar-refractivity contribution in [3.63, 3.8) is 0 Å². The summed E-state index contributed by atoms with van der Waals surface area (Å²) < 4.78 is 28.9. The molecule has 4 rings (SSSR count). The summed E-state index contributed by atoms with van der Waals surface area (Å²) >= 11 is 0. The monoisotopic (exact) mass is 336 g/mol. The highest BCUT2D eigenvalue weighted by Crippen LogP contribution is 2.35. The zero-order valence-corrected chi connectivity index (χ0v) is 13.4. The van der Waals surface area contributed by atoms with Gasteiger partial charge in [-0.15, -0.1) is 0 Å². The normalized spacial score (nSPS) is 11.0.